The molecule has 0 aliphatic carbocycles. The summed E-state index contributed by atoms with van der Waals surface area (Å²) in [6.45, 7) is 3.32. The van der Waals surface area contributed by atoms with Gasteiger partial charge < -0.3 is 11.0 Å². The fraction of sp³-hybridized carbons (Fsp3) is 1.00. The molecule has 4 nitrogen and oxygen atoms in total. The van der Waals surface area contributed by atoms with E-state index < -0.39 is 8.25 Å². The summed E-state index contributed by atoms with van der Waals surface area (Å²) in [5.41, 5.74) is 0. The normalized spacial score (nSPS) is 10.8. The molecular weight excluding hydrogens is 129 g/mol. The molecule has 0 aliphatic rings. The Labute approximate surface area is 49.4 Å². The smallest absolute Gasteiger partial charge is 0.488 e. The van der Waals surface area contributed by atoms with Gasteiger partial charge in [-0.25, -0.2) is 0 Å². The molecule has 4 N–H and O–H groups in total. The zero-order valence-corrected chi connectivity index (χ0v) is 6.14. The average molecular weight is 140 g/mol. The molecule has 0 heterocycles. The van der Waals surface area contributed by atoms with Crippen molar-refractivity contribution in [2.75, 3.05) is 0 Å². The van der Waals surface area contributed by atoms with Gasteiger partial charge in [0.1, 0.15) is 6.10 Å². The molecular formula is C3H11NO3P+. The van der Waals surface area contributed by atoms with Crippen molar-refractivity contribution in [1.29, 1.82) is 0 Å². The first-order chi connectivity index (χ1) is 3.13. The van der Waals surface area contributed by atoms with Crippen LogP contribution in [0.25, 0.3) is 0 Å². The monoisotopic (exact) mass is 140 g/mol. The van der Waals surface area contributed by atoms with Crippen LogP contribution in [0.2, 0.25) is 0 Å². The summed E-state index contributed by atoms with van der Waals surface area (Å²) in [4.78, 5) is 9.62. The van der Waals surface area contributed by atoms with Crippen molar-refractivity contribution in [1.82, 2.24) is 6.15 Å². The fourth-order valence-electron chi connectivity index (χ4n) is 0.172. The van der Waals surface area contributed by atoms with Crippen molar-refractivity contribution >= 4 is 8.25 Å². The first kappa shape index (κ1) is 10.9. The minimum atomic E-state index is -2.64. The van der Waals surface area contributed by atoms with E-state index in [0.717, 1.165) is 0 Å². The Bertz CT molecular complexity index is 74.9. The average Bonchev–Trinajstić information content (AvgIpc) is 1.27. The summed E-state index contributed by atoms with van der Waals surface area (Å²) in [7, 11) is -2.64. The van der Waals surface area contributed by atoms with Gasteiger partial charge in [-0.2, -0.15) is 0 Å². The van der Waals surface area contributed by atoms with Crippen molar-refractivity contribution in [3.8, 4) is 0 Å². The highest BCUT2D eigenvalue weighted by atomic mass is 31.1. The zero-order valence-electron chi connectivity index (χ0n) is 5.25. The lowest BCUT2D eigenvalue weighted by Crippen LogP contribution is -1.99. The van der Waals surface area contributed by atoms with E-state index in [9.17, 15) is 9.46 Å². The minimum Gasteiger partial charge on any atom is -0.566 e. The Hall–Kier alpha value is -0.0200. The van der Waals surface area contributed by atoms with E-state index >= 15 is 0 Å². The summed E-state index contributed by atoms with van der Waals surface area (Å²) in [6.07, 6.45) is -0.221. The summed E-state index contributed by atoms with van der Waals surface area (Å²) >= 11 is 0. The Balaban J connectivity index is 0. The minimum absolute atomic E-state index is 0. The lowest BCUT2D eigenvalue weighted by molar-refractivity contribution is -0.188. The van der Waals surface area contributed by atoms with Crippen LogP contribution >= 0.6 is 8.25 Å². The van der Waals surface area contributed by atoms with Gasteiger partial charge in [0.2, 0.25) is 0 Å². The van der Waals surface area contributed by atoms with E-state index in [1.54, 1.807) is 13.8 Å². The van der Waals surface area contributed by atoms with Gasteiger partial charge in [-0.3, -0.25) is 0 Å². The highest BCUT2D eigenvalue weighted by Gasteiger charge is 2.03. The zero-order chi connectivity index (χ0) is 5.86. The van der Waals surface area contributed by atoms with Gasteiger partial charge >= 0.3 is 8.25 Å². The summed E-state index contributed by atoms with van der Waals surface area (Å²) in [5.74, 6) is 0. The second-order valence-corrected chi connectivity index (χ2v) is 2.04. The maximum atomic E-state index is 9.62. The van der Waals surface area contributed by atoms with Crippen molar-refractivity contribution < 1.29 is 14.0 Å². The third-order valence-corrected chi connectivity index (χ3v) is 0.891. The molecule has 0 spiro atoms. The van der Waals surface area contributed by atoms with E-state index in [2.05, 4.69) is 4.52 Å². The third-order valence-electron chi connectivity index (χ3n) is 0.297. The van der Waals surface area contributed by atoms with Crippen LogP contribution in [0.4, 0.5) is 0 Å². The molecule has 0 aromatic carbocycles. The van der Waals surface area contributed by atoms with Crippen molar-refractivity contribution in [2.24, 2.45) is 0 Å². The Morgan fingerprint density at radius 2 is 2.00 bits per heavy atom. The van der Waals surface area contributed by atoms with Gasteiger partial charge in [0.05, 0.1) is 0 Å². The Morgan fingerprint density at radius 3 is 2.00 bits per heavy atom. The van der Waals surface area contributed by atoms with Gasteiger partial charge in [0.15, 0.2) is 0 Å². The van der Waals surface area contributed by atoms with Gasteiger partial charge in [-0.05, 0) is 18.4 Å². The van der Waals surface area contributed by atoms with Crippen molar-refractivity contribution in [2.45, 2.75) is 20.0 Å². The summed E-state index contributed by atoms with van der Waals surface area (Å²) < 4.78 is 13.8. The molecule has 0 aromatic heterocycles. The largest absolute Gasteiger partial charge is 0.566 e. The van der Waals surface area contributed by atoms with Crippen LogP contribution < -0.4 is 11.0 Å². The quantitative estimate of drug-likeness (QED) is 0.575. The molecule has 0 radical (unpaired) electrons. The molecule has 0 fully saturated rings. The number of hydrogen-bond acceptors (Lipinski definition) is 3. The highest BCUT2D eigenvalue weighted by Crippen LogP contribution is 2.11. The maximum absolute atomic E-state index is 9.62. The molecule has 8 heavy (non-hydrogen) atoms. The van der Waals surface area contributed by atoms with E-state index in [4.69, 9.17) is 0 Å². The van der Waals surface area contributed by atoms with Gasteiger partial charge in [-0.15, -0.1) is 4.52 Å². The van der Waals surface area contributed by atoms with Crippen molar-refractivity contribution in [3.05, 3.63) is 0 Å². The maximum Gasteiger partial charge on any atom is 0.488 e. The lowest BCUT2D eigenvalue weighted by atomic mass is 10.5. The molecule has 0 bridgehead atoms. The number of quaternary nitrogens is 1. The van der Waals surface area contributed by atoms with E-state index in [-0.39, 0.29) is 12.3 Å². The third kappa shape index (κ3) is 9.36. The number of hydrogen-bond donors (Lipinski definition) is 1. The van der Waals surface area contributed by atoms with Crippen LogP contribution in [-0.2, 0) is 9.09 Å². The molecule has 5 heteroatoms. The molecule has 0 saturated carbocycles. The van der Waals surface area contributed by atoms with Crippen LogP contribution in [0.3, 0.4) is 0 Å². The number of rotatable bonds is 2. The SMILES string of the molecule is CC(C)O[P+](=O)[O-].[NH4+]. The summed E-state index contributed by atoms with van der Waals surface area (Å²) in [6, 6.07) is 0. The molecule has 0 aliphatic heterocycles. The Morgan fingerprint density at radius 1 is 1.62 bits per heavy atom. The molecule has 1 atom stereocenters. The molecule has 0 aromatic rings. The standard InChI is InChI=1S/C3H7O3P.H3N/c1-3(2)6-7(4)5;/h3H,1-2H3;1H3/p+1. The topological polar surface area (TPSA) is 85.9 Å². The molecule has 0 saturated heterocycles. The van der Waals surface area contributed by atoms with Gasteiger partial charge in [0.25, 0.3) is 0 Å². The lowest BCUT2D eigenvalue weighted by Gasteiger charge is -1.91. The first-order valence-corrected chi connectivity index (χ1v) is 3.03. The van der Waals surface area contributed by atoms with Crippen LogP contribution in [0.1, 0.15) is 13.8 Å². The van der Waals surface area contributed by atoms with Gasteiger partial charge in [0, 0.05) is 0 Å². The van der Waals surface area contributed by atoms with Crippen LogP contribution in [0, 0.1) is 0 Å². The second-order valence-electron chi connectivity index (χ2n) is 1.38. The van der Waals surface area contributed by atoms with E-state index in [1.807, 2.05) is 0 Å². The molecule has 0 rings (SSSR count). The Kier molecular flexibility index (Phi) is 6.96. The molecule has 0 amide bonds. The predicted molar refractivity (Wildman–Crippen MR) is 29.8 cm³/mol. The summed E-state index contributed by atoms with van der Waals surface area (Å²) in [5, 5.41) is 0. The van der Waals surface area contributed by atoms with Gasteiger partial charge in [-0.1, -0.05) is 0 Å². The molecule has 50 valence electrons. The van der Waals surface area contributed by atoms with E-state index in [1.165, 1.54) is 0 Å². The molecule has 1 unspecified atom stereocenters. The second kappa shape index (κ2) is 5.12. The first-order valence-electron chi connectivity index (χ1n) is 1.94. The van der Waals surface area contributed by atoms with Crippen LogP contribution in [-0.4, -0.2) is 6.10 Å². The van der Waals surface area contributed by atoms with Crippen LogP contribution in [0.5, 0.6) is 0 Å². The van der Waals surface area contributed by atoms with E-state index in [0.29, 0.717) is 0 Å². The predicted octanol–water partition coefficient (Wildman–Crippen LogP) is 0.805. The van der Waals surface area contributed by atoms with Crippen molar-refractivity contribution in [3.63, 3.8) is 0 Å². The van der Waals surface area contributed by atoms with Crippen LogP contribution in [0.15, 0.2) is 0 Å². The highest BCUT2D eigenvalue weighted by molar-refractivity contribution is 7.30. The fourth-order valence-corrected chi connectivity index (χ4v) is 0.516.